The topological polar surface area (TPSA) is 70.0 Å². The van der Waals surface area contributed by atoms with E-state index in [9.17, 15) is 4.79 Å². The van der Waals surface area contributed by atoms with Gasteiger partial charge in [-0.05, 0) is 6.42 Å². The first-order chi connectivity index (χ1) is 5.20. The summed E-state index contributed by atoms with van der Waals surface area (Å²) in [5, 5.41) is 17.5. The van der Waals surface area contributed by atoms with E-state index in [1.807, 2.05) is 0 Å². The molecular weight excluding hydrogens is 150 g/mol. The lowest BCUT2D eigenvalue weighted by molar-refractivity contribution is -0.0959. The molecule has 0 aromatic heterocycles. The van der Waals surface area contributed by atoms with Crippen molar-refractivity contribution in [3.63, 3.8) is 0 Å². The Morgan fingerprint density at radius 3 is 3.00 bits per heavy atom. The van der Waals surface area contributed by atoms with Crippen LogP contribution >= 0.6 is 0 Å². The van der Waals surface area contributed by atoms with Gasteiger partial charge in [-0.3, -0.25) is 0 Å². The molecular formula is C6H11NO4. The van der Waals surface area contributed by atoms with Gasteiger partial charge in [0.05, 0.1) is 13.2 Å². The van der Waals surface area contributed by atoms with Crippen molar-refractivity contribution in [2.24, 2.45) is 0 Å². The summed E-state index contributed by atoms with van der Waals surface area (Å²) in [6.07, 6.45) is -1.33. The molecule has 1 aliphatic heterocycles. The number of carbonyl (C=O) groups is 1. The monoisotopic (exact) mass is 161 g/mol. The summed E-state index contributed by atoms with van der Waals surface area (Å²) >= 11 is 0. The minimum Gasteiger partial charge on any atom is -0.465 e. The van der Waals surface area contributed by atoms with E-state index in [0.717, 1.165) is 4.90 Å². The third-order valence-electron chi connectivity index (χ3n) is 1.53. The predicted molar refractivity (Wildman–Crippen MR) is 36.2 cm³/mol. The smallest absolute Gasteiger partial charge is 0.407 e. The van der Waals surface area contributed by atoms with Gasteiger partial charge in [-0.25, -0.2) is 4.79 Å². The molecule has 2 N–H and O–H groups in total. The molecule has 5 heteroatoms. The van der Waals surface area contributed by atoms with Gasteiger partial charge in [0.2, 0.25) is 0 Å². The van der Waals surface area contributed by atoms with E-state index < -0.39 is 12.4 Å². The zero-order valence-electron chi connectivity index (χ0n) is 6.06. The molecule has 1 unspecified atom stereocenters. The first kappa shape index (κ1) is 8.29. The van der Waals surface area contributed by atoms with E-state index in [-0.39, 0.29) is 6.54 Å². The number of nitrogens with zero attached hydrogens (tertiary/aromatic N) is 1. The predicted octanol–water partition coefficient (Wildman–Crippen LogP) is -0.295. The van der Waals surface area contributed by atoms with Crippen LogP contribution < -0.4 is 0 Å². The van der Waals surface area contributed by atoms with Crippen molar-refractivity contribution < 1.29 is 19.7 Å². The molecule has 0 aromatic rings. The highest BCUT2D eigenvalue weighted by atomic mass is 16.6. The fourth-order valence-electron chi connectivity index (χ4n) is 0.981. The van der Waals surface area contributed by atoms with Crippen molar-refractivity contribution in [3.8, 4) is 0 Å². The number of aliphatic hydroxyl groups excluding tert-OH is 1. The van der Waals surface area contributed by atoms with Gasteiger partial charge in [0.15, 0.2) is 6.29 Å². The van der Waals surface area contributed by atoms with Crippen molar-refractivity contribution in [1.29, 1.82) is 0 Å². The van der Waals surface area contributed by atoms with Crippen molar-refractivity contribution in [1.82, 2.24) is 4.90 Å². The molecule has 1 heterocycles. The Balaban J connectivity index is 2.45. The van der Waals surface area contributed by atoms with Crippen molar-refractivity contribution in [2.75, 3.05) is 19.7 Å². The lowest BCUT2D eigenvalue weighted by Crippen LogP contribution is -2.35. The van der Waals surface area contributed by atoms with Crippen LogP contribution in [-0.2, 0) is 4.74 Å². The van der Waals surface area contributed by atoms with Crippen LogP contribution in [0.3, 0.4) is 0 Å². The zero-order valence-corrected chi connectivity index (χ0v) is 6.06. The minimum absolute atomic E-state index is 0.0509. The highest BCUT2D eigenvalue weighted by Crippen LogP contribution is 2.03. The molecule has 0 saturated carbocycles. The van der Waals surface area contributed by atoms with Crippen LogP contribution in [0.1, 0.15) is 6.42 Å². The SMILES string of the molecule is O=C(O)N1CCCOC(O)C1. The number of β-amino-alcohol motifs (C(OH)–C–C–N with tert-alkyl or cyclic N) is 1. The van der Waals surface area contributed by atoms with Crippen LogP contribution in [-0.4, -0.2) is 47.2 Å². The van der Waals surface area contributed by atoms with E-state index in [1.165, 1.54) is 0 Å². The average molecular weight is 161 g/mol. The van der Waals surface area contributed by atoms with E-state index in [1.54, 1.807) is 0 Å². The number of hydrogen-bond acceptors (Lipinski definition) is 3. The molecule has 0 bridgehead atoms. The summed E-state index contributed by atoms with van der Waals surface area (Å²) in [5.41, 5.74) is 0. The summed E-state index contributed by atoms with van der Waals surface area (Å²) in [7, 11) is 0. The Morgan fingerprint density at radius 1 is 1.64 bits per heavy atom. The number of ether oxygens (including phenoxy) is 1. The molecule has 0 radical (unpaired) electrons. The molecule has 1 saturated heterocycles. The largest absolute Gasteiger partial charge is 0.465 e. The second-order valence-corrected chi connectivity index (χ2v) is 2.41. The summed E-state index contributed by atoms with van der Waals surface area (Å²) in [6.45, 7) is 0.909. The van der Waals surface area contributed by atoms with Gasteiger partial charge in [-0.1, -0.05) is 0 Å². The van der Waals surface area contributed by atoms with E-state index in [2.05, 4.69) is 0 Å². The minimum atomic E-state index is -1.01. The van der Waals surface area contributed by atoms with Crippen molar-refractivity contribution in [3.05, 3.63) is 0 Å². The summed E-state index contributed by atoms with van der Waals surface area (Å²) in [4.78, 5) is 11.6. The molecule has 64 valence electrons. The van der Waals surface area contributed by atoms with Crippen LogP contribution in [0.4, 0.5) is 4.79 Å². The Hall–Kier alpha value is -0.810. The Kier molecular flexibility index (Phi) is 2.67. The van der Waals surface area contributed by atoms with Crippen molar-refractivity contribution in [2.45, 2.75) is 12.7 Å². The lowest BCUT2D eigenvalue weighted by atomic mass is 10.4. The molecule has 5 nitrogen and oxygen atoms in total. The second kappa shape index (κ2) is 3.54. The van der Waals surface area contributed by atoms with Gasteiger partial charge in [0.1, 0.15) is 0 Å². The zero-order chi connectivity index (χ0) is 8.27. The Morgan fingerprint density at radius 2 is 2.36 bits per heavy atom. The molecule has 1 amide bonds. The second-order valence-electron chi connectivity index (χ2n) is 2.41. The number of carboxylic acid groups (broad SMARTS) is 1. The van der Waals surface area contributed by atoms with E-state index in [4.69, 9.17) is 14.9 Å². The number of hydrogen-bond donors (Lipinski definition) is 2. The molecule has 11 heavy (non-hydrogen) atoms. The lowest BCUT2D eigenvalue weighted by Gasteiger charge is -2.16. The standard InChI is InChI=1S/C6H11NO4/c8-5-4-7(6(9)10)2-1-3-11-5/h5,8H,1-4H2,(H,9,10). The number of amides is 1. The quantitative estimate of drug-likeness (QED) is 0.512. The third-order valence-corrected chi connectivity index (χ3v) is 1.53. The fraction of sp³-hybridized carbons (Fsp3) is 0.833. The number of rotatable bonds is 0. The molecule has 1 rings (SSSR count). The van der Waals surface area contributed by atoms with Gasteiger partial charge in [0, 0.05) is 6.54 Å². The normalized spacial score (nSPS) is 26.3. The van der Waals surface area contributed by atoms with Crippen LogP contribution in [0.5, 0.6) is 0 Å². The Labute approximate surface area is 64.2 Å². The van der Waals surface area contributed by atoms with Crippen molar-refractivity contribution >= 4 is 6.09 Å². The summed E-state index contributed by atoms with van der Waals surface area (Å²) in [6, 6.07) is 0. The Bertz CT molecular complexity index is 150. The molecule has 1 fully saturated rings. The third kappa shape index (κ3) is 2.36. The van der Waals surface area contributed by atoms with Gasteiger partial charge >= 0.3 is 6.09 Å². The van der Waals surface area contributed by atoms with Gasteiger partial charge in [-0.2, -0.15) is 0 Å². The summed E-state index contributed by atoms with van der Waals surface area (Å²) in [5.74, 6) is 0. The van der Waals surface area contributed by atoms with E-state index in [0.29, 0.717) is 19.6 Å². The van der Waals surface area contributed by atoms with Crippen LogP contribution in [0.2, 0.25) is 0 Å². The maximum absolute atomic E-state index is 10.4. The van der Waals surface area contributed by atoms with Gasteiger partial charge in [0.25, 0.3) is 0 Å². The molecule has 1 atom stereocenters. The van der Waals surface area contributed by atoms with Gasteiger partial charge < -0.3 is 19.8 Å². The average Bonchev–Trinajstić information content (AvgIpc) is 2.13. The highest BCUT2D eigenvalue weighted by Gasteiger charge is 2.19. The molecule has 0 aromatic carbocycles. The van der Waals surface area contributed by atoms with Crippen LogP contribution in [0.25, 0.3) is 0 Å². The van der Waals surface area contributed by atoms with Gasteiger partial charge in [-0.15, -0.1) is 0 Å². The fourth-order valence-corrected chi connectivity index (χ4v) is 0.981. The maximum atomic E-state index is 10.4. The molecule has 0 spiro atoms. The molecule has 0 aliphatic carbocycles. The van der Waals surface area contributed by atoms with Crippen LogP contribution in [0.15, 0.2) is 0 Å². The van der Waals surface area contributed by atoms with Crippen LogP contribution in [0, 0.1) is 0 Å². The first-order valence-corrected chi connectivity index (χ1v) is 3.47. The van der Waals surface area contributed by atoms with E-state index >= 15 is 0 Å². The number of aliphatic hydroxyl groups is 1. The highest BCUT2D eigenvalue weighted by molar-refractivity contribution is 5.64. The first-order valence-electron chi connectivity index (χ1n) is 3.47. The summed E-state index contributed by atoms with van der Waals surface area (Å²) < 4.78 is 4.83. The molecule has 1 aliphatic rings. The maximum Gasteiger partial charge on any atom is 0.407 e.